The number of ether oxygens (including phenoxy) is 1. The average Bonchev–Trinajstić information content (AvgIpc) is 3.10. The highest BCUT2D eigenvalue weighted by molar-refractivity contribution is 5.96. The lowest BCUT2D eigenvalue weighted by atomic mass is 9.92. The fourth-order valence-electron chi connectivity index (χ4n) is 4.30. The van der Waals surface area contributed by atoms with Gasteiger partial charge in [0.1, 0.15) is 11.8 Å². The molecule has 1 aliphatic carbocycles. The fourth-order valence-corrected chi connectivity index (χ4v) is 4.30. The summed E-state index contributed by atoms with van der Waals surface area (Å²) in [6.45, 7) is 7.45. The number of anilines is 1. The number of nitrogens with two attached hydrogens (primary N) is 1. The second-order valence-electron chi connectivity index (χ2n) is 8.97. The Morgan fingerprint density at radius 3 is 2.63 bits per heavy atom. The van der Waals surface area contributed by atoms with Gasteiger partial charge < -0.3 is 30.7 Å². The average molecular weight is 472 g/mol. The van der Waals surface area contributed by atoms with Crippen LogP contribution in [0.2, 0.25) is 0 Å². The van der Waals surface area contributed by atoms with Crippen molar-refractivity contribution in [1.82, 2.24) is 9.88 Å². The first-order valence-corrected chi connectivity index (χ1v) is 11.9. The first-order valence-electron chi connectivity index (χ1n) is 11.9. The minimum Gasteiger partial charge on any atom is -0.504 e. The number of rotatable bonds is 8. The molecule has 8 heteroatoms. The van der Waals surface area contributed by atoms with E-state index in [0.717, 1.165) is 41.4 Å². The number of urea groups is 1. The molecule has 0 radical (unpaired) electrons. The molecule has 0 saturated heterocycles. The van der Waals surface area contributed by atoms with Gasteiger partial charge in [-0.05, 0) is 68.8 Å². The van der Waals surface area contributed by atoms with Gasteiger partial charge in [-0.25, -0.2) is 4.79 Å². The molecule has 1 fully saturated rings. The molecule has 8 nitrogen and oxygen atoms in total. The van der Waals surface area contributed by atoms with Gasteiger partial charge in [0.05, 0.1) is 23.4 Å². The number of nitrogens with one attached hydrogen (secondary N) is 2. The molecular formula is C27H31N6O2-. The standard InChI is InChI=1S/C27H31N6O2/c1-4-30-25(29)16-35-21-12-13-22-23(15-28)26(33(24(22)14-21)20-6-5-7-20)18-8-10-19(11-9-18)32-27(34)31-17(2)3/h4,8-14,17,20H,5-7,16H2,1-3H3,(H2,29,30)(H2,31,32,34)/q-1. The number of nitrogens with zero attached hydrogens (tertiary/aromatic N) is 3. The fraction of sp³-hybridized carbons (Fsp3) is 0.333. The van der Waals surface area contributed by atoms with Gasteiger partial charge in [0, 0.05) is 29.2 Å². The summed E-state index contributed by atoms with van der Waals surface area (Å²) in [4.78, 5) is 16.1. The lowest BCUT2D eigenvalue weighted by Crippen LogP contribution is -2.34. The summed E-state index contributed by atoms with van der Waals surface area (Å²) in [7, 11) is 0. The van der Waals surface area contributed by atoms with Crippen LogP contribution >= 0.6 is 0 Å². The Balaban J connectivity index is 1.72. The molecule has 1 aromatic heterocycles. The molecule has 0 unspecified atom stereocenters. The molecule has 0 bridgehead atoms. The van der Waals surface area contributed by atoms with E-state index in [0.29, 0.717) is 28.9 Å². The molecular weight excluding hydrogens is 440 g/mol. The van der Waals surface area contributed by atoms with Crippen LogP contribution in [0, 0.1) is 17.9 Å². The SMILES string of the molecule is C[CH-]N=C(N)COc1ccc2c(C#N)c(-c3ccc(NC(=O)NC(C)C)cc3)n(C3CCC3)c2c1. The number of amidine groups is 1. The van der Waals surface area contributed by atoms with Crippen molar-refractivity contribution < 1.29 is 9.53 Å². The normalized spacial score (nSPS) is 13.9. The first kappa shape index (κ1) is 24.0. The Morgan fingerprint density at radius 2 is 2.03 bits per heavy atom. The maximum Gasteiger partial charge on any atom is 0.319 e. The van der Waals surface area contributed by atoms with Crippen molar-refractivity contribution in [1.29, 1.82) is 5.26 Å². The van der Waals surface area contributed by atoms with E-state index < -0.39 is 0 Å². The second kappa shape index (κ2) is 10.4. The van der Waals surface area contributed by atoms with E-state index in [1.807, 2.05) is 56.3 Å². The third-order valence-electron chi connectivity index (χ3n) is 6.05. The summed E-state index contributed by atoms with van der Waals surface area (Å²) >= 11 is 0. The number of aromatic nitrogens is 1. The van der Waals surface area contributed by atoms with Gasteiger partial charge in [-0.1, -0.05) is 19.1 Å². The predicted molar refractivity (Wildman–Crippen MR) is 139 cm³/mol. The van der Waals surface area contributed by atoms with Crippen molar-refractivity contribution in [2.45, 2.75) is 52.1 Å². The monoisotopic (exact) mass is 471 g/mol. The topological polar surface area (TPSA) is 117 Å². The van der Waals surface area contributed by atoms with E-state index >= 15 is 0 Å². The molecule has 1 heterocycles. The van der Waals surface area contributed by atoms with Gasteiger partial charge in [0.25, 0.3) is 0 Å². The summed E-state index contributed by atoms with van der Waals surface area (Å²) in [6, 6.07) is 16.0. The van der Waals surface area contributed by atoms with Crippen LogP contribution in [0.5, 0.6) is 5.75 Å². The van der Waals surface area contributed by atoms with Crippen LogP contribution in [0.25, 0.3) is 22.2 Å². The Bertz CT molecular complexity index is 1280. The number of nitriles is 1. The minimum absolute atomic E-state index is 0.0493. The number of aliphatic imine (C=N–C) groups is 1. The van der Waals surface area contributed by atoms with Crippen molar-refractivity contribution >= 4 is 28.5 Å². The largest absolute Gasteiger partial charge is 0.504 e. The van der Waals surface area contributed by atoms with E-state index in [-0.39, 0.29) is 18.7 Å². The maximum atomic E-state index is 12.1. The van der Waals surface area contributed by atoms with Crippen LogP contribution in [-0.4, -0.2) is 29.1 Å². The molecule has 0 aliphatic heterocycles. The van der Waals surface area contributed by atoms with E-state index in [1.54, 1.807) is 13.5 Å². The summed E-state index contributed by atoms with van der Waals surface area (Å²) < 4.78 is 8.14. The lowest BCUT2D eigenvalue weighted by Gasteiger charge is -2.30. The summed E-state index contributed by atoms with van der Waals surface area (Å²) in [5.41, 5.74) is 9.98. The second-order valence-corrected chi connectivity index (χ2v) is 8.97. The van der Waals surface area contributed by atoms with Gasteiger partial charge in [-0.15, -0.1) is 6.54 Å². The van der Waals surface area contributed by atoms with Crippen LogP contribution < -0.4 is 21.1 Å². The van der Waals surface area contributed by atoms with Crippen LogP contribution in [0.3, 0.4) is 0 Å². The maximum absolute atomic E-state index is 12.1. The van der Waals surface area contributed by atoms with Crippen LogP contribution in [0.15, 0.2) is 47.5 Å². The first-order chi connectivity index (χ1) is 16.9. The number of carbonyl (C=O) groups is 1. The number of amides is 2. The van der Waals surface area contributed by atoms with Gasteiger partial charge in [0.15, 0.2) is 0 Å². The third kappa shape index (κ3) is 5.19. The minimum atomic E-state index is -0.246. The highest BCUT2D eigenvalue weighted by Gasteiger charge is 2.28. The molecule has 0 spiro atoms. The van der Waals surface area contributed by atoms with Gasteiger partial charge in [-0.3, -0.25) is 0 Å². The van der Waals surface area contributed by atoms with Crippen molar-refractivity contribution in [3.8, 4) is 23.1 Å². The quantitative estimate of drug-likeness (QED) is 0.233. The summed E-state index contributed by atoms with van der Waals surface area (Å²) in [5, 5.41) is 16.7. The molecule has 0 atom stereocenters. The Kier molecular flexibility index (Phi) is 7.16. The van der Waals surface area contributed by atoms with Crippen LogP contribution in [-0.2, 0) is 0 Å². The summed E-state index contributed by atoms with van der Waals surface area (Å²) in [6.07, 6.45) is 3.29. The molecule has 2 aromatic carbocycles. The number of benzene rings is 2. The van der Waals surface area contributed by atoms with Crippen LogP contribution in [0.4, 0.5) is 10.5 Å². The summed E-state index contributed by atoms with van der Waals surface area (Å²) in [5.74, 6) is 1.08. The molecule has 1 saturated carbocycles. The smallest absolute Gasteiger partial charge is 0.319 e. The lowest BCUT2D eigenvalue weighted by molar-refractivity contribution is 0.250. The van der Waals surface area contributed by atoms with Gasteiger partial charge in [-0.2, -0.15) is 5.26 Å². The Labute approximate surface area is 205 Å². The predicted octanol–water partition coefficient (Wildman–Crippen LogP) is 5.35. The molecule has 4 N–H and O–H groups in total. The Hall–Kier alpha value is -4.12. The molecule has 1 aliphatic rings. The molecule has 182 valence electrons. The zero-order valence-corrected chi connectivity index (χ0v) is 20.3. The molecule has 2 amide bonds. The molecule has 4 rings (SSSR count). The van der Waals surface area contributed by atoms with Crippen LogP contribution in [0.1, 0.15) is 51.6 Å². The van der Waals surface area contributed by atoms with Gasteiger partial charge >= 0.3 is 6.03 Å². The highest BCUT2D eigenvalue weighted by Crippen LogP contribution is 2.43. The molecule has 3 aromatic rings. The van der Waals surface area contributed by atoms with Gasteiger partial charge in [0.2, 0.25) is 0 Å². The van der Waals surface area contributed by atoms with Crippen molar-refractivity contribution in [3.63, 3.8) is 0 Å². The van der Waals surface area contributed by atoms with E-state index in [2.05, 4.69) is 26.3 Å². The van der Waals surface area contributed by atoms with Crippen molar-refractivity contribution in [3.05, 3.63) is 54.6 Å². The molecule has 35 heavy (non-hydrogen) atoms. The number of hydrogen-bond acceptors (Lipinski definition) is 4. The Morgan fingerprint density at radius 1 is 1.29 bits per heavy atom. The van der Waals surface area contributed by atoms with E-state index in [4.69, 9.17) is 10.5 Å². The third-order valence-corrected chi connectivity index (χ3v) is 6.05. The highest BCUT2D eigenvalue weighted by atomic mass is 16.5. The number of hydrogen-bond donors (Lipinski definition) is 3. The van der Waals surface area contributed by atoms with E-state index in [1.165, 1.54) is 0 Å². The zero-order chi connectivity index (χ0) is 24.9. The van der Waals surface area contributed by atoms with E-state index in [9.17, 15) is 10.1 Å². The number of fused-ring (bicyclic) bond motifs is 1. The number of carbonyl (C=O) groups excluding carboxylic acids is 1. The van der Waals surface area contributed by atoms with Crippen molar-refractivity contribution in [2.24, 2.45) is 10.7 Å². The zero-order valence-electron chi connectivity index (χ0n) is 20.3. The van der Waals surface area contributed by atoms with Crippen molar-refractivity contribution in [2.75, 3.05) is 11.9 Å².